The Morgan fingerprint density at radius 1 is 1.20 bits per heavy atom. The van der Waals surface area contributed by atoms with Crippen LogP contribution in [0.3, 0.4) is 0 Å². The Morgan fingerprint density at radius 3 is 2.37 bits per heavy atom. The molecule has 2 amide bonds. The Morgan fingerprint density at radius 2 is 1.80 bits per heavy atom. The topological polar surface area (TPSA) is 115 Å². The van der Waals surface area contributed by atoms with Crippen LogP contribution in [0.2, 0.25) is 0 Å². The Bertz CT molecular complexity index is 887. The van der Waals surface area contributed by atoms with Crippen LogP contribution in [0.25, 0.3) is 0 Å². The van der Waals surface area contributed by atoms with Crippen molar-refractivity contribution < 1.29 is 23.6 Å². The molecule has 2 N–H and O–H groups in total. The van der Waals surface area contributed by atoms with Crippen molar-refractivity contribution >= 4 is 30.5 Å². The highest BCUT2D eigenvalue weighted by Crippen LogP contribution is 2.36. The van der Waals surface area contributed by atoms with E-state index < -0.39 is 36.1 Å². The fourth-order valence-electron chi connectivity index (χ4n) is 3.96. The average Bonchev–Trinajstić information content (AvgIpc) is 2.98. The summed E-state index contributed by atoms with van der Waals surface area (Å²) in [7, 11) is -0.491. The number of piperidine rings is 1. The largest absolute Gasteiger partial charge is 0.498 e. The summed E-state index contributed by atoms with van der Waals surface area (Å²) < 4.78 is 17.4. The molecule has 11 heteroatoms. The zero-order chi connectivity index (χ0) is 26.0. The lowest BCUT2D eigenvalue weighted by atomic mass is 9.81. The standard InChI is InChI=1S/C24H40BN5O5/c1-16(29-21(32)33-22(2,3)4)19(31)26-12-17-10-9-11-30(15-17)20-27-13-18(14-28-20)25-34-23(5,6)24(7,8)35-25/h13-14,16-17H,9-12,15H2,1-8H3,(H,26,31)(H,29,32)/t16-,17+/m1/s1. The van der Waals surface area contributed by atoms with Gasteiger partial charge in [-0.3, -0.25) is 4.79 Å². The first-order valence-electron chi connectivity index (χ1n) is 12.4. The molecule has 2 saturated heterocycles. The lowest BCUT2D eigenvalue weighted by Crippen LogP contribution is -2.49. The molecule has 0 aliphatic carbocycles. The zero-order valence-electron chi connectivity index (χ0n) is 22.3. The second-order valence-electron chi connectivity index (χ2n) is 11.5. The third kappa shape index (κ3) is 7.07. The lowest BCUT2D eigenvalue weighted by molar-refractivity contribution is -0.123. The summed E-state index contributed by atoms with van der Waals surface area (Å²) >= 11 is 0. The van der Waals surface area contributed by atoms with Gasteiger partial charge in [0.05, 0.1) is 11.2 Å². The number of aromatic nitrogens is 2. The van der Waals surface area contributed by atoms with Gasteiger partial charge in [0.25, 0.3) is 0 Å². The highest BCUT2D eigenvalue weighted by molar-refractivity contribution is 6.61. The van der Waals surface area contributed by atoms with Gasteiger partial charge in [-0.05, 0) is 74.1 Å². The smallest absolute Gasteiger partial charge is 0.444 e. The first-order chi connectivity index (χ1) is 16.2. The number of amides is 2. The van der Waals surface area contributed by atoms with Crippen LogP contribution in [0.1, 0.15) is 68.2 Å². The molecular formula is C24H40BN5O5. The number of alkyl carbamates (subject to hydrolysis) is 1. The normalized spacial score (nSPS) is 22.5. The number of hydrogen-bond acceptors (Lipinski definition) is 8. The van der Waals surface area contributed by atoms with E-state index in [0.29, 0.717) is 12.5 Å². The highest BCUT2D eigenvalue weighted by atomic mass is 16.7. The molecule has 0 unspecified atom stereocenters. The molecule has 3 heterocycles. The summed E-state index contributed by atoms with van der Waals surface area (Å²) in [5.41, 5.74) is -0.655. The molecule has 0 radical (unpaired) electrons. The molecule has 0 saturated carbocycles. The van der Waals surface area contributed by atoms with Crippen LogP contribution in [0.4, 0.5) is 10.7 Å². The molecule has 0 bridgehead atoms. The second kappa shape index (κ2) is 10.3. The van der Waals surface area contributed by atoms with Gasteiger partial charge >= 0.3 is 13.2 Å². The summed E-state index contributed by atoms with van der Waals surface area (Å²) in [4.78, 5) is 35.6. The third-order valence-electron chi connectivity index (χ3n) is 6.68. The van der Waals surface area contributed by atoms with Crippen LogP contribution in [-0.4, -0.2) is 71.6 Å². The van der Waals surface area contributed by atoms with Gasteiger partial charge in [0.1, 0.15) is 11.6 Å². The van der Waals surface area contributed by atoms with Crippen molar-refractivity contribution in [3.63, 3.8) is 0 Å². The predicted molar refractivity (Wildman–Crippen MR) is 135 cm³/mol. The van der Waals surface area contributed by atoms with Crippen LogP contribution in [0, 0.1) is 5.92 Å². The number of nitrogens with one attached hydrogen (secondary N) is 2. The van der Waals surface area contributed by atoms with Crippen LogP contribution in [-0.2, 0) is 18.8 Å². The van der Waals surface area contributed by atoms with E-state index in [0.717, 1.165) is 31.4 Å². The maximum absolute atomic E-state index is 12.4. The van der Waals surface area contributed by atoms with Crippen molar-refractivity contribution in [1.29, 1.82) is 0 Å². The van der Waals surface area contributed by atoms with E-state index in [-0.39, 0.29) is 11.8 Å². The van der Waals surface area contributed by atoms with Crippen molar-refractivity contribution in [3.05, 3.63) is 12.4 Å². The Hall–Kier alpha value is -2.40. The number of rotatable bonds is 6. The van der Waals surface area contributed by atoms with E-state index in [4.69, 9.17) is 14.0 Å². The van der Waals surface area contributed by atoms with E-state index in [1.807, 2.05) is 27.7 Å². The van der Waals surface area contributed by atoms with Gasteiger partial charge in [-0.1, -0.05) is 0 Å². The predicted octanol–water partition coefficient (Wildman–Crippen LogP) is 2.02. The van der Waals surface area contributed by atoms with Gasteiger partial charge < -0.3 is 29.6 Å². The number of ether oxygens (including phenoxy) is 1. The molecule has 0 spiro atoms. The molecule has 2 fully saturated rings. The highest BCUT2D eigenvalue weighted by Gasteiger charge is 2.52. The molecule has 3 rings (SSSR count). The number of carbonyl (C=O) groups excluding carboxylic acids is 2. The SMILES string of the molecule is C[C@@H](NC(=O)OC(C)(C)C)C(=O)NC[C@@H]1CCCN(c2ncc(B3OC(C)(C)C(C)(C)O3)cn2)C1. The summed E-state index contributed by atoms with van der Waals surface area (Å²) in [6.07, 6.45) is 4.90. The maximum Gasteiger partial charge on any atom is 0.498 e. The van der Waals surface area contributed by atoms with Gasteiger partial charge in [-0.2, -0.15) is 0 Å². The van der Waals surface area contributed by atoms with E-state index >= 15 is 0 Å². The minimum Gasteiger partial charge on any atom is -0.444 e. The molecule has 1 aromatic heterocycles. The van der Waals surface area contributed by atoms with Crippen molar-refractivity contribution in [3.8, 4) is 0 Å². The molecule has 10 nitrogen and oxygen atoms in total. The van der Waals surface area contributed by atoms with E-state index in [1.54, 1.807) is 40.1 Å². The van der Waals surface area contributed by atoms with Crippen LogP contribution in [0.5, 0.6) is 0 Å². The average molecular weight is 489 g/mol. The summed E-state index contributed by atoms with van der Waals surface area (Å²) in [5, 5.41) is 5.52. The van der Waals surface area contributed by atoms with Crippen molar-refractivity contribution in [2.45, 2.75) is 91.1 Å². The van der Waals surface area contributed by atoms with E-state index in [2.05, 4.69) is 25.5 Å². The fraction of sp³-hybridized carbons (Fsp3) is 0.750. The fourth-order valence-corrected chi connectivity index (χ4v) is 3.96. The Labute approximate surface area is 209 Å². The van der Waals surface area contributed by atoms with Crippen LogP contribution in [0.15, 0.2) is 12.4 Å². The van der Waals surface area contributed by atoms with Gasteiger partial charge in [0, 0.05) is 37.5 Å². The van der Waals surface area contributed by atoms with Crippen molar-refractivity contribution in [2.24, 2.45) is 5.92 Å². The Balaban J connectivity index is 1.49. The molecule has 194 valence electrons. The number of hydrogen-bond donors (Lipinski definition) is 2. The van der Waals surface area contributed by atoms with Gasteiger partial charge in [0.15, 0.2) is 0 Å². The third-order valence-corrected chi connectivity index (χ3v) is 6.68. The molecule has 0 aromatic carbocycles. The quantitative estimate of drug-likeness (QED) is 0.584. The van der Waals surface area contributed by atoms with E-state index in [9.17, 15) is 9.59 Å². The molecule has 1 aromatic rings. The number of anilines is 1. The second-order valence-corrected chi connectivity index (χ2v) is 11.5. The van der Waals surface area contributed by atoms with Crippen molar-refractivity contribution in [2.75, 3.05) is 24.5 Å². The van der Waals surface area contributed by atoms with Crippen molar-refractivity contribution in [1.82, 2.24) is 20.6 Å². The molecule has 35 heavy (non-hydrogen) atoms. The maximum atomic E-state index is 12.4. The molecular weight excluding hydrogens is 449 g/mol. The monoisotopic (exact) mass is 489 g/mol. The van der Waals surface area contributed by atoms with Gasteiger partial charge in [-0.25, -0.2) is 14.8 Å². The minimum absolute atomic E-state index is 0.240. The molecule has 2 aliphatic heterocycles. The molecule has 2 aliphatic rings. The minimum atomic E-state index is -0.685. The summed E-state index contributed by atoms with van der Waals surface area (Å²) in [6.45, 7) is 17.2. The Kier molecular flexibility index (Phi) is 8.01. The first-order valence-corrected chi connectivity index (χ1v) is 12.4. The van der Waals surface area contributed by atoms with Crippen LogP contribution < -0.4 is 21.0 Å². The number of nitrogens with zero attached hydrogens (tertiary/aromatic N) is 3. The van der Waals surface area contributed by atoms with Crippen LogP contribution >= 0.6 is 0 Å². The first kappa shape index (κ1) is 27.2. The summed E-state index contributed by atoms with van der Waals surface area (Å²) in [5.74, 6) is 0.671. The van der Waals surface area contributed by atoms with Gasteiger partial charge in [-0.15, -0.1) is 0 Å². The number of carbonyl (C=O) groups is 2. The lowest BCUT2D eigenvalue weighted by Gasteiger charge is -2.33. The van der Waals surface area contributed by atoms with E-state index in [1.165, 1.54) is 0 Å². The summed E-state index contributed by atoms with van der Waals surface area (Å²) in [6, 6.07) is -0.685. The van der Waals surface area contributed by atoms with Gasteiger partial charge in [0.2, 0.25) is 11.9 Å². The molecule has 2 atom stereocenters. The zero-order valence-corrected chi connectivity index (χ0v) is 22.3.